The second-order valence-corrected chi connectivity index (χ2v) is 5.64. The number of hydrogen-bond acceptors (Lipinski definition) is 4. The maximum absolute atomic E-state index is 5.91. The molecule has 4 nitrogen and oxygen atoms in total. The maximum atomic E-state index is 5.91. The highest BCUT2D eigenvalue weighted by Gasteiger charge is 2.23. The molecule has 1 aliphatic rings. The van der Waals surface area contributed by atoms with Gasteiger partial charge in [0.05, 0.1) is 5.69 Å². The van der Waals surface area contributed by atoms with Gasteiger partial charge in [-0.3, -0.25) is 0 Å². The summed E-state index contributed by atoms with van der Waals surface area (Å²) in [5, 5.41) is 0. The highest BCUT2D eigenvalue weighted by Crippen LogP contribution is 2.25. The Labute approximate surface area is 126 Å². The summed E-state index contributed by atoms with van der Waals surface area (Å²) in [5.74, 6) is 0.811. The van der Waals surface area contributed by atoms with Crippen LogP contribution >= 0.6 is 0 Å². The minimum atomic E-state index is 0.367. The van der Waals surface area contributed by atoms with Gasteiger partial charge in [-0.05, 0) is 37.8 Å². The summed E-state index contributed by atoms with van der Waals surface area (Å²) >= 11 is 0. The molecule has 0 aliphatic carbocycles. The van der Waals surface area contributed by atoms with Crippen LogP contribution in [-0.2, 0) is 0 Å². The lowest BCUT2D eigenvalue weighted by atomic mass is 10.0. The molecule has 1 aromatic heterocycles. The number of nitrogens with two attached hydrogens (primary N) is 1. The third-order valence-corrected chi connectivity index (χ3v) is 4.22. The fraction of sp³-hybridized carbons (Fsp3) is 0.412. The van der Waals surface area contributed by atoms with Crippen LogP contribution < -0.4 is 10.6 Å². The Balaban J connectivity index is 1.95. The molecule has 0 amide bonds. The summed E-state index contributed by atoms with van der Waals surface area (Å²) in [6.07, 6.45) is 5.42. The van der Waals surface area contributed by atoms with E-state index in [4.69, 9.17) is 10.7 Å². The van der Waals surface area contributed by atoms with E-state index < -0.39 is 0 Å². The second kappa shape index (κ2) is 6.22. The standard InChI is InChI=1S/C17H22N4/c1-13-6-2-3-8-15(13)16-9-10-19-17(20-16)21-11-5-4-7-14(21)12-18/h2-3,6,8-10,14H,4-5,7,11-12,18H2,1H3. The fourth-order valence-electron chi connectivity index (χ4n) is 3.01. The summed E-state index contributed by atoms with van der Waals surface area (Å²) in [4.78, 5) is 11.5. The van der Waals surface area contributed by atoms with Gasteiger partial charge in [0.25, 0.3) is 0 Å². The van der Waals surface area contributed by atoms with Gasteiger partial charge in [-0.1, -0.05) is 24.3 Å². The zero-order valence-corrected chi connectivity index (χ0v) is 12.5. The quantitative estimate of drug-likeness (QED) is 0.940. The van der Waals surface area contributed by atoms with E-state index >= 15 is 0 Å². The van der Waals surface area contributed by atoms with Gasteiger partial charge in [-0.15, -0.1) is 0 Å². The molecular formula is C17H22N4. The average molecular weight is 282 g/mol. The van der Waals surface area contributed by atoms with Crippen molar-refractivity contribution in [2.75, 3.05) is 18.0 Å². The first kappa shape index (κ1) is 14.0. The molecule has 0 saturated carbocycles. The monoisotopic (exact) mass is 282 g/mol. The Morgan fingerprint density at radius 1 is 1.24 bits per heavy atom. The SMILES string of the molecule is Cc1ccccc1-c1ccnc(N2CCCCC2CN)n1. The first-order valence-corrected chi connectivity index (χ1v) is 7.65. The lowest BCUT2D eigenvalue weighted by Gasteiger charge is -2.35. The molecule has 1 unspecified atom stereocenters. The van der Waals surface area contributed by atoms with Crippen molar-refractivity contribution >= 4 is 5.95 Å². The average Bonchev–Trinajstić information content (AvgIpc) is 2.55. The third kappa shape index (κ3) is 2.90. The van der Waals surface area contributed by atoms with Crippen LogP contribution in [0.2, 0.25) is 0 Å². The molecule has 1 fully saturated rings. The van der Waals surface area contributed by atoms with Crippen molar-refractivity contribution in [1.29, 1.82) is 0 Å². The van der Waals surface area contributed by atoms with Crippen LogP contribution in [0.4, 0.5) is 5.95 Å². The van der Waals surface area contributed by atoms with Gasteiger partial charge >= 0.3 is 0 Å². The lowest BCUT2D eigenvalue weighted by molar-refractivity contribution is 0.458. The van der Waals surface area contributed by atoms with Crippen molar-refractivity contribution in [3.8, 4) is 11.3 Å². The Hall–Kier alpha value is -1.94. The molecule has 0 bridgehead atoms. The van der Waals surface area contributed by atoms with Crippen LogP contribution in [0.25, 0.3) is 11.3 Å². The molecule has 2 heterocycles. The minimum absolute atomic E-state index is 0.367. The number of hydrogen-bond donors (Lipinski definition) is 1. The molecule has 3 rings (SSSR count). The smallest absolute Gasteiger partial charge is 0.226 e. The number of aryl methyl sites for hydroxylation is 1. The highest BCUT2D eigenvalue weighted by atomic mass is 15.3. The van der Waals surface area contributed by atoms with Crippen molar-refractivity contribution < 1.29 is 0 Å². The Morgan fingerprint density at radius 2 is 2.10 bits per heavy atom. The zero-order valence-electron chi connectivity index (χ0n) is 12.5. The molecule has 2 aromatic rings. The maximum Gasteiger partial charge on any atom is 0.226 e. The van der Waals surface area contributed by atoms with E-state index in [0.29, 0.717) is 12.6 Å². The molecule has 21 heavy (non-hydrogen) atoms. The third-order valence-electron chi connectivity index (χ3n) is 4.22. The van der Waals surface area contributed by atoms with Crippen molar-refractivity contribution in [2.45, 2.75) is 32.2 Å². The van der Waals surface area contributed by atoms with E-state index in [9.17, 15) is 0 Å². The molecule has 1 saturated heterocycles. The van der Waals surface area contributed by atoms with Gasteiger partial charge in [0.2, 0.25) is 5.95 Å². The molecule has 110 valence electrons. The largest absolute Gasteiger partial charge is 0.337 e. The van der Waals surface area contributed by atoms with Crippen LogP contribution in [0.5, 0.6) is 0 Å². The Bertz CT molecular complexity index is 611. The predicted molar refractivity (Wildman–Crippen MR) is 86.2 cm³/mol. The Kier molecular flexibility index (Phi) is 4.15. The highest BCUT2D eigenvalue weighted by molar-refractivity contribution is 5.64. The normalized spacial score (nSPS) is 18.8. The van der Waals surface area contributed by atoms with Crippen molar-refractivity contribution in [3.05, 3.63) is 42.1 Å². The summed E-state index contributed by atoms with van der Waals surface area (Å²) in [5.41, 5.74) is 9.29. The second-order valence-electron chi connectivity index (χ2n) is 5.64. The van der Waals surface area contributed by atoms with Gasteiger partial charge in [0.1, 0.15) is 0 Å². The van der Waals surface area contributed by atoms with E-state index in [2.05, 4.69) is 35.0 Å². The van der Waals surface area contributed by atoms with E-state index in [1.165, 1.54) is 24.0 Å². The van der Waals surface area contributed by atoms with E-state index in [0.717, 1.165) is 24.6 Å². The molecule has 1 atom stereocenters. The van der Waals surface area contributed by atoms with Gasteiger partial charge in [0.15, 0.2) is 0 Å². The molecule has 1 aromatic carbocycles. The first-order chi connectivity index (χ1) is 10.3. The van der Waals surface area contributed by atoms with Gasteiger partial charge in [0, 0.05) is 30.9 Å². The van der Waals surface area contributed by atoms with Crippen LogP contribution in [0, 0.1) is 6.92 Å². The minimum Gasteiger partial charge on any atom is -0.337 e. The summed E-state index contributed by atoms with van der Waals surface area (Å²) < 4.78 is 0. The van der Waals surface area contributed by atoms with E-state index in [1.807, 2.05) is 18.3 Å². The summed E-state index contributed by atoms with van der Waals surface area (Å²) in [6.45, 7) is 3.78. The molecule has 2 N–H and O–H groups in total. The Morgan fingerprint density at radius 3 is 2.90 bits per heavy atom. The number of rotatable bonds is 3. The number of benzene rings is 1. The van der Waals surface area contributed by atoms with E-state index in [-0.39, 0.29) is 0 Å². The topological polar surface area (TPSA) is 55.0 Å². The van der Waals surface area contributed by atoms with Crippen molar-refractivity contribution in [3.63, 3.8) is 0 Å². The van der Waals surface area contributed by atoms with Gasteiger partial charge in [-0.2, -0.15) is 0 Å². The van der Waals surface area contributed by atoms with Crippen LogP contribution in [0.1, 0.15) is 24.8 Å². The van der Waals surface area contributed by atoms with Crippen LogP contribution in [-0.4, -0.2) is 29.1 Å². The number of nitrogens with zero attached hydrogens (tertiary/aromatic N) is 3. The lowest BCUT2D eigenvalue weighted by Crippen LogP contribution is -2.45. The number of anilines is 1. The molecular weight excluding hydrogens is 260 g/mol. The first-order valence-electron chi connectivity index (χ1n) is 7.65. The predicted octanol–water partition coefficient (Wildman–Crippen LogP) is 2.77. The van der Waals surface area contributed by atoms with Crippen molar-refractivity contribution in [2.24, 2.45) is 5.73 Å². The van der Waals surface area contributed by atoms with Crippen LogP contribution in [0.3, 0.4) is 0 Å². The number of piperidine rings is 1. The zero-order chi connectivity index (χ0) is 14.7. The molecule has 0 radical (unpaired) electrons. The number of aromatic nitrogens is 2. The van der Waals surface area contributed by atoms with Gasteiger partial charge < -0.3 is 10.6 Å². The fourth-order valence-corrected chi connectivity index (χ4v) is 3.01. The van der Waals surface area contributed by atoms with Gasteiger partial charge in [-0.25, -0.2) is 9.97 Å². The van der Waals surface area contributed by atoms with E-state index in [1.54, 1.807) is 0 Å². The molecule has 0 spiro atoms. The van der Waals surface area contributed by atoms with Crippen molar-refractivity contribution in [1.82, 2.24) is 9.97 Å². The summed E-state index contributed by atoms with van der Waals surface area (Å²) in [6, 6.07) is 10.7. The van der Waals surface area contributed by atoms with Crippen LogP contribution in [0.15, 0.2) is 36.5 Å². The molecule has 4 heteroatoms. The molecule has 1 aliphatic heterocycles. The summed E-state index contributed by atoms with van der Waals surface area (Å²) in [7, 11) is 0.